The minimum atomic E-state index is -0.325. The summed E-state index contributed by atoms with van der Waals surface area (Å²) < 4.78 is 10.7. The number of carbonyl (C=O) groups excluding carboxylic acids is 1. The van der Waals surface area contributed by atoms with Gasteiger partial charge in [-0.2, -0.15) is 4.80 Å². The second-order valence-electron chi connectivity index (χ2n) is 7.45. The Morgan fingerprint density at radius 1 is 0.938 bits per heavy atom. The van der Waals surface area contributed by atoms with Crippen LogP contribution in [-0.4, -0.2) is 35.1 Å². The number of amides is 1. The molecule has 0 unspecified atom stereocenters. The first-order chi connectivity index (χ1) is 15.6. The lowest BCUT2D eigenvalue weighted by Crippen LogP contribution is -2.14. The summed E-state index contributed by atoms with van der Waals surface area (Å²) in [5, 5.41) is 12.0. The highest BCUT2D eigenvalue weighted by atomic mass is 16.5. The lowest BCUT2D eigenvalue weighted by atomic mass is 10.1. The molecule has 0 aliphatic heterocycles. The first-order valence-corrected chi connectivity index (χ1v) is 10.6. The highest BCUT2D eigenvalue weighted by Crippen LogP contribution is 2.29. The molecule has 0 atom stereocenters. The fraction of sp³-hybridized carbons (Fsp3) is 0.240. The third-order valence-corrected chi connectivity index (χ3v) is 5.28. The lowest BCUT2D eigenvalue weighted by Gasteiger charge is -2.12. The molecule has 32 heavy (non-hydrogen) atoms. The smallest absolute Gasteiger partial charge is 0.263 e. The molecular weight excluding hydrogens is 404 g/mol. The van der Waals surface area contributed by atoms with Crippen LogP contribution in [0.4, 0.5) is 5.69 Å². The maximum absolute atomic E-state index is 12.9. The molecule has 1 heterocycles. The number of ether oxygens (including phenoxy) is 2. The number of nitrogens with one attached hydrogen (secondary N) is 1. The Balaban J connectivity index is 1.57. The van der Waals surface area contributed by atoms with Gasteiger partial charge in [-0.15, -0.1) is 10.2 Å². The van der Waals surface area contributed by atoms with Gasteiger partial charge in [-0.1, -0.05) is 31.5 Å². The maximum Gasteiger partial charge on any atom is 0.263 e. The van der Waals surface area contributed by atoms with E-state index in [2.05, 4.69) is 34.6 Å². The number of unbranched alkanes of at least 4 members (excludes halogenated alkanes) is 1. The van der Waals surface area contributed by atoms with Crippen molar-refractivity contribution in [2.45, 2.75) is 26.2 Å². The summed E-state index contributed by atoms with van der Waals surface area (Å²) in [7, 11) is 3.04. The molecule has 7 heteroatoms. The number of carbonyl (C=O) groups is 1. The topological polar surface area (TPSA) is 78.3 Å². The number of hydrogen-bond acceptors (Lipinski definition) is 5. The van der Waals surface area contributed by atoms with Gasteiger partial charge in [0, 0.05) is 5.69 Å². The third-order valence-electron chi connectivity index (χ3n) is 5.28. The van der Waals surface area contributed by atoms with Crippen molar-refractivity contribution in [3.05, 3.63) is 71.8 Å². The second kappa shape index (κ2) is 9.51. The van der Waals surface area contributed by atoms with Crippen molar-refractivity contribution in [2.75, 3.05) is 19.5 Å². The Kier molecular flexibility index (Phi) is 6.35. The number of fused-ring (bicyclic) bond motifs is 1. The number of aryl methyl sites for hydroxylation is 1. The van der Waals surface area contributed by atoms with Crippen LogP contribution in [0.2, 0.25) is 0 Å². The van der Waals surface area contributed by atoms with Gasteiger partial charge in [-0.25, -0.2) is 0 Å². The molecule has 0 radical (unpaired) electrons. The van der Waals surface area contributed by atoms with Gasteiger partial charge in [0.25, 0.3) is 5.91 Å². The van der Waals surface area contributed by atoms with Gasteiger partial charge in [0.15, 0.2) is 0 Å². The van der Waals surface area contributed by atoms with Gasteiger partial charge < -0.3 is 14.8 Å². The Hall–Kier alpha value is -3.87. The van der Waals surface area contributed by atoms with Crippen LogP contribution in [0.1, 0.15) is 35.7 Å². The van der Waals surface area contributed by atoms with Crippen molar-refractivity contribution >= 4 is 22.6 Å². The van der Waals surface area contributed by atoms with Crippen LogP contribution in [0.5, 0.6) is 11.5 Å². The molecule has 7 nitrogen and oxygen atoms in total. The molecular formula is C25H26N4O3. The minimum Gasteiger partial charge on any atom is -0.496 e. The van der Waals surface area contributed by atoms with E-state index in [1.54, 1.807) is 35.1 Å². The van der Waals surface area contributed by atoms with Gasteiger partial charge >= 0.3 is 0 Å². The van der Waals surface area contributed by atoms with Crippen LogP contribution >= 0.6 is 0 Å². The van der Waals surface area contributed by atoms with E-state index in [1.165, 1.54) is 32.6 Å². The summed E-state index contributed by atoms with van der Waals surface area (Å²) in [5.41, 5.74) is 4.58. The van der Waals surface area contributed by atoms with Gasteiger partial charge in [0.1, 0.15) is 28.1 Å². The predicted octanol–water partition coefficient (Wildman–Crippen LogP) is 5.03. The molecule has 4 aromatic rings. The van der Waals surface area contributed by atoms with Crippen molar-refractivity contribution in [1.82, 2.24) is 15.0 Å². The minimum absolute atomic E-state index is 0.325. The Labute approximate surface area is 187 Å². The highest BCUT2D eigenvalue weighted by Gasteiger charge is 2.18. The summed E-state index contributed by atoms with van der Waals surface area (Å²) in [6, 6.07) is 18.9. The normalized spacial score (nSPS) is 10.8. The summed E-state index contributed by atoms with van der Waals surface area (Å²) in [5.74, 6) is 0.557. The average molecular weight is 431 g/mol. The zero-order chi connectivity index (χ0) is 22.5. The number of anilines is 1. The zero-order valence-corrected chi connectivity index (χ0v) is 18.5. The van der Waals surface area contributed by atoms with E-state index in [-0.39, 0.29) is 5.91 Å². The molecule has 0 spiro atoms. The number of rotatable bonds is 8. The van der Waals surface area contributed by atoms with Gasteiger partial charge in [-0.05, 0) is 60.9 Å². The Morgan fingerprint density at radius 3 is 2.28 bits per heavy atom. The molecule has 0 saturated heterocycles. The van der Waals surface area contributed by atoms with Crippen molar-refractivity contribution in [3.63, 3.8) is 0 Å². The number of hydrogen-bond donors (Lipinski definition) is 1. The summed E-state index contributed by atoms with van der Waals surface area (Å²) in [4.78, 5) is 14.5. The third kappa shape index (κ3) is 4.42. The lowest BCUT2D eigenvalue weighted by molar-refractivity contribution is 0.102. The SMILES string of the molecule is CCCCc1ccc(-n2nc3ccc(NC(=O)c4c(OC)cccc4OC)cc3n2)cc1. The molecule has 0 aliphatic rings. The Morgan fingerprint density at radius 2 is 1.62 bits per heavy atom. The average Bonchev–Trinajstić information content (AvgIpc) is 3.25. The standard InChI is InChI=1S/C25H26N4O3/c1-4-5-7-17-10-13-19(14-11-17)29-27-20-15-12-18(16-21(20)28-29)26-25(30)24-22(31-2)8-6-9-23(24)32-3/h6,8-16H,4-5,7H2,1-3H3,(H,26,30). The number of methoxy groups -OCH3 is 2. The van der Waals surface area contributed by atoms with Crippen molar-refractivity contribution in [1.29, 1.82) is 0 Å². The number of nitrogens with zero attached hydrogens (tertiary/aromatic N) is 3. The van der Waals surface area contributed by atoms with Crippen molar-refractivity contribution < 1.29 is 14.3 Å². The molecule has 0 bridgehead atoms. The Bertz CT molecular complexity index is 1210. The summed E-state index contributed by atoms with van der Waals surface area (Å²) in [6.07, 6.45) is 3.43. The molecule has 0 aliphatic carbocycles. The van der Waals surface area contributed by atoms with E-state index >= 15 is 0 Å². The fourth-order valence-corrected chi connectivity index (χ4v) is 3.55. The first-order valence-electron chi connectivity index (χ1n) is 10.6. The van der Waals surface area contributed by atoms with E-state index in [4.69, 9.17) is 9.47 Å². The number of benzene rings is 3. The largest absolute Gasteiger partial charge is 0.496 e. The van der Waals surface area contributed by atoms with Crippen molar-refractivity contribution in [3.8, 4) is 17.2 Å². The first kappa shape index (κ1) is 21.4. The van der Waals surface area contributed by atoms with Crippen LogP contribution < -0.4 is 14.8 Å². The maximum atomic E-state index is 12.9. The monoisotopic (exact) mass is 430 g/mol. The van der Waals surface area contributed by atoms with E-state index in [0.29, 0.717) is 28.3 Å². The molecule has 4 rings (SSSR count). The second-order valence-corrected chi connectivity index (χ2v) is 7.45. The van der Waals surface area contributed by atoms with Gasteiger partial charge in [-0.3, -0.25) is 4.79 Å². The molecule has 1 N–H and O–H groups in total. The molecule has 1 aromatic heterocycles. The van der Waals surface area contributed by atoms with Gasteiger partial charge in [0.2, 0.25) is 0 Å². The predicted molar refractivity (Wildman–Crippen MR) is 125 cm³/mol. The molecule has 3 aromatic carbocycles. The molecule has 0 saturated carbocycles. The zero-order valence-electron chi connectivity index (χ0n) is 18.5. The quantitative estimate of drug-likeness (QED) is 0.424. The highest BCUT2D eigenvalue weighted by molar-refractivity contribution is 6.08. The number of aromatic nitrogens is 3. The fourth-order valence-electron chi connectivity index (χ4n) is 3.55. The van der Waals surface area contributed by atoms with Crippen LogP contribution in [0.25, 0.3) is 16.7 Å². The van der Waals surface area contributed by atoms with Crippen LogP contribution in [-0.2, 0) is 6.42 Å². The van der Waals surface area contributed by atoms with Crippen LogP contribution in [0.3, 0.4) is 0 Å². The molecule has 164 valence electrons. The summed E-state index contributed by atoms with van der Waals surface area (Å²) >= 11 is 0. The van der Waals surface area contributed by atoms with Gasteiger partial charge in [0.05, 0.1) is 19.9 Å². The van der Waals surface area contributed by atoms with E-state index in [0.717, 1.165) is 17.6 Å². The van der Waals surface area contributed by atoms with Crippen LogP contribution in [0, 0.1) is 0 Å². The van der Waals surface area contributed by atoms with E-state index in [1.807, 2.05) is 18.2 Å². The molecule has 1 amide bonds. The van der Waals surface area contributed by atoms with Crippen molar-refractivity contribution in [2.24, 2.45) is 0 Å². The molecule has 0 fully saturated rings. The van der Waals surface area contributed by atoms with E-state index < -0.39 is 0 Å². The van der Waals surface area contributed by atoms with Crippen LogP contribution in [0.15, 0.2) is 60.7 Å². The van der Waals surface area contributed by atoms with E-state index in [9.17, 15) is 4.79 Å². The summed E-state index contributed by atoms with van der Waals surface area (Å²) in [6.45, 7) is 2.19.